The van der Waals surface area contributed by atoms with Gasteiger partial charge in [-0.15, -0.1) is 0 Å². The van der Waals surface area contributed by atoms with Crippen LogP contribution in [0.25, 0.3) is 0 Å². The molecule has 0 spiro atoms. The lowest BCUT2D eigenvalue weighted by Crippen LogP contribution is -2.15. The van der Waals surface area contributed by atoms with Crippen LogP contribution in [0.2, 0.25) is 0 Å². The number of nitrogens with one attached hydrogen (secondary N) is 3. The summed E-state index contributed by atoms with van der Waals surface area (Å²) < 4.78 is 27.1. The van der Waals surface area contributed by atoms with E-state index in [2.05, 4.69) is 25.2 Å². The average Bonchev–Trinajstić information content (AvgIpc) is 3.08. The summed E-state index contributed by atoms with van der Waals surface area (Å²) in [4.78, 5) is 15.8. The first kappa shape index (κ1) is 15.7. The van der Waals surface area contributed by atoms with E-state index in [0.29, 0.717) is 11.3 Å². The van der Waals surface area contributed by atoms with Crippen LogP contribution in [0.3, 0.4) is 0 Å². The molecule has 8 nitrogen and oxygen atoms in total. The fourth-order valence-electron chi connectivity index (χ4n) is 1.95. The lowest BCUT2D eigenvalue weighted by atomic mass is 10.2. The topological polar surface area (TPSA) is 117 Å². The van der Waals surface area contributed by atoms with Crippen molar-refractivity contribution in [1.29, 1.82) is 0 Å². The number of benzene rings is 2. The number of sulfonamides is 1. The summed E-state index contributed by atoms with van der Waals surface area (Å²) in [7, 11) is -3.72. The minimum Gasteiger partial charge on any atom is -0.291 e. The number of rotatable bonds is 5. The number of amides is 1. The normalized spacial score (nSPS) is 11.0. The predicted octanol–water partition coefficient (Wildman–Crippen LogP) is 1.86. The standard InChI is InChI=1S/C15H13N5O3S/c21-14(18-15-16-10-17-19-15)11-6-8-13(9-7-11)24(22,23)20-12-4-2-1-3-5-12/h1-10,20H,(H2,16,17,18,19,21). The maximum Gasteiger partial charge on any atom is 0.261 e. The van der Waals surface area contributed by atoms with Crippen molar-refractivity contribution in [2.24, 2.45) is 0 Å². The number of para-hydroxylation sites is 1. The SMILES string of the molecule is O=C(Nc1ncn[nH]1)c1ccc(S(=O)(=O)Nc2ccccc2)cc1. The van der Waals surface area contributed by atoms with Crippen LogP contribution in [-0.4, -0.2) is 29.5 Å². The smallest absolute Gasteiger partial charge is 0.261 e. The van der Waals surface area contributed by atoms with E-state index in [9.17, 15) is 13.2 Å². The third-order valence-corrected chi connectivity index (χ3v) is 4.50. The molecule has 3 aromatic rings. The molecule has 0 saturated heterocycles. The molecule has 3 rings (SSSR count). The highest BCUT2D eigenvalue weighted by Gasteiger charge is 2.15. The largest absolute Gasteiger partial charge is 0.291 e. The Labute approximate surface area is 138 Å². The number of H-pyrrole nitrogens is 1. The lowest BCUT2D eigenvalue weighted by Gasteiger charge is -2.08. The quantitative estimate of drug-likeness (QED) is 0.654. The van der Waals surface area contributed by atoms with Gasteiger partial charge in [0.05, 0.1) is 4.90 Å². The summed E-state index contributed by atoms with van der Waals surface area (Å²) in [6.07, 6.45) is 1.26. The summed E-state index contributed by atoms with van der Waals surface area (Å²) in [5, 5.41) is 8.62. The van der Waals surface area contributed by atoms with E-state index in [1.807, 2.05) is 0 Å². The molecule has 2 aromatic carbocycles. The number of nitrogens with zero attached hydrogens (tertiary/aromatic N) is 2. The molecule has 0 aliphatic carbocycles. The van der Waals surface area contributed by atoms with Gasteiger partial charge in [0.15, 0.2) is 0 Å². The zero-order valence-electron chi connectivity index (χ0n) is 12.3. The fourth-order valence-corrected chi connectivity index (χ4v) is 3.01. The Morgan fingerprint density at radius 3 is 2.33 bits per heavy atom. The van der Waals surface area contributed by atoms with Crippen LogP contribution in [0.5, 0.6) is 0 Å². The van der Waals surface area contributed by atoms with E-state index >= 15 is 0 Å². The summed E-state index contributed by atoms with van der Waals surface area (Å²) in [6.45, 7) is 0. The summed E-state index contributed by atoms with van der Waals surface area (Å²) in [5.74, 6) is -0.214. The molecule has 0 atom stereocenters. The van der Waals surface area contributed by atoms with Crippen molar-refractivity contribution in [2.45, 2.75) is 4.90 Å². The van der Waals surface area contributed by atoms with Crippen molar-refractivity contribution in [3.05, 3.63) is 66.5 Å². The van der Waals surface area contributed by atoms with Crippen molar-refractivity contribution in [1.82, 2.24) is 15.2 Å². The van der Waals surface area contributed by atoms with Crippen molar-refractivity contribution >= 4 is 27.6 Å². The van der Waals surface area contributed by atoms with E-state index in [-0.39, 0.29) is 10.8 Å². The second-order valence-electron chi connectivity index (χ2n) is 4.78. The third-order valence-electron chi connectivity index (χ3n) is 3.10. The second-order valence-corrected chi connectivity index (χ2v) is 6.47. The number of hydrogen-bond donors (Lipinski definition) is 3. The monoisotopic (exact) mass is 343 g/mol. The summed E-state index contributed by atoms with van der Waals surface area (Å²) in [5.41, 5.74) is 0.759. The summed E-state index contributed by atoms with van der Waals surface area (Å²) in [6, 6.07) is 14.1. The van der Waals surface area contributed by atoms with E-state index < -0.39 is 15.9 Å². The molecule has 9 heteroatoms. The van der Waals surface area contributed by atoms with Crippen molar-refractivity contribution < 1.29 is 13.2 Å². The molecule has 24 heavy (non-hydrogen) atoms. The Kier molecular flexibility index (Phi) is 4.25. The number of aromatic nitrogens is 3. The van der Waals surface area contributed by atoms with Gasteiger partial charge in [-0.3, -0.25) is 14.8 Å². The molecule has 0 fully saturated rings. The van der Waals surface area contributed by atoms with E-state index in [4.69, 9.17) is 0 Å². The van der Waals surface area contributed by atoms with Gasteiger partial charge < -0.3 is 0 Å². The first-order valence-corrected chi connectivity index (χ1v) is 8.37. The number of aromatic amines is 1. The molecule has 1 aromatic heterocycles. The fraction of sp³-hybridized carbons (Fsp3) is 0. The minimum atomic E-state index is -3.72. The molecule has 1 heterocycles. The number of anilines is 2. The molecule has 0 bridgehead atoms. The van der Waals surface area contributed by atoms with Crippen molar-refractivity contribution in [2.75, 3.05) is 10.0 Å². The van der Waals surface area contributed by atoms with Crippen LogP contribution >= 0.6 is 0 Å². The Bertz CT molecular complexity index is 923. The van der Waals surface area contributed by atoms with Crippen LogP contribution < -0.4 is 10.0 Å². The Morgan fingerprint density at radius 2 is 1.71 bits per heavy atom. The third kappa shape index (κ3) is 3.58. The molecular formula is C15H13N5O3S. The molecule has 0 aliphatic rings. The van der Waals surface area contributed by atoms with Gasteiger partial charge in [0.25, 0.3) is 15.9 Å². The van der Waals surface area contributed by atoms with Crippen LogP contribution in [0.1, 0.15) is 10.4 Å². The second kappa shape index (κ2) is 6.50. The number of carbonyl (C=O) groups is 1. The van der Waals surface area contributed by atoms with Crippen LogP contribution in [-0.2, 0) is 10.0 Å². The molecular weight excluding hydrogens is 330 g/mol. The average molecular weight is 343 g/mol. The Balaban J connectivity index is 1.75. The molecule has 3 N–H and O–H groups in total. The first-order chi connectivity index (χ1) is 11.5. The first-order valence-electron chi connectivity index (χ1n) is 6.89. The molecule has 0 radical (unpaired) electrons. The molecule has 0 saturated carbocycles. The number of hydrogen-bond acceptors (Lipinski definition) is 5. The zero-order chi connectivity index (χ0) is 17.0. The van der Waals surface area contributed by atoms with Gasteiger partial charge >= 0.3 is 0 Å². The van der Waals surface area contributed by atoms with Gasteiger partial charge in [-0.1, -0.05) is 18.2 Å². The highest BCUT2D eigenvalue weighted by Crippen LogP contribution is 2.16. The molecule has 0 aliphatic heterocycles. The maximum absolute atomic E-state index is 12.3. The van der Waals surface area contributed by atoms with Gasteiger partial charge in [-0.05, 0) is 36.4 Å². The predicted molar refractivity (Wildman–Crippen MR) is 88.0 cm³/mol. The highest BCUT2D eigenvalue weighted by molar-refractivity contribution is 7.92. The van der Waals surface area contributed by atoms with Crippen molar-refractivity contribution in [3.8, 4) is 0 Å². The van der Waals surface area contributed by atoms with Gasteiger partial charge in [-0.2, -0.15) is 10.1 Å². The van der Waals surface area contributed by atoms with Gasteiger partial charge in [0.1, 0.15) is 6.33 Å². The van der Waals surface area contributed by atoms with E-state index in [1.54, 1.807) is 30.3 Å². The molecule has 122 valence electrons. The lowest BCUT2D eigenvalue weighted by molar-refractivity contribution is 0.102. The van der Waals surface area contributed by atoms with Gasteiger partial charge in [0.2, 0.25) is 5.95 Å². The van der Waals surface area contributed by atoms with Crippen LogP contribution in [0, 0.1) is 0 Å². The van der Waals surface area contributed by atoms with E-state index in [0.717, 1.165) is 0 Å². The van der Waals surface area contributed by atoms with Crippen LogP contribution in [0.15, 0.2) is 65.8 Å². The van der Waals surface area contributed by atoms with E-state index in [1.165, 1.54) is 30.6 Å². The number of carbonyl (C=O) groups excluding carboxylic acids is 1. The Morgan fingerprint density at radius 1 is 1.00 bits per heavy atom. The van der Waals surface area contributed by atoms with Gasteiger partial charge in [-0.25, -0.2) is 13.5 Å². The van der Waals surface area contributed by atoms with Crippen molar-refractivity contribution in [3.63, 3.8) is 0 Å². The molecule has 1 amide bonds. The minimum absolute atomic E-state index is 0.0579. The maximum atomic E-state index is 12.3. The summed E-state index contributed by atoms with van der Waals surface area (Å²) >= 11 is 0. The van der Waals surface area contributed by atoms with Crippen LogP contribution in [0.4, 0.5) is 11.6 Å². The molecule has 0 unspecified atom stereocenters. The Hall–Kier alpha value is -3.20. The van der Waals surface area contributed by atoms with Gasteiger partial charge in [0, 0.05) is 11.3 Å². The highest BCUT2D eigenvalue weighted by atomic mass is 32.2. The zero-order valence-corrected chi connectivity index (χ0v) is 13.1.